The van der Waals surface area contributed by atoms with E-state index in [-0.39, 0.29) is 11.7 Å². The molecule has 0 unspecified atom stereocenters. The summed E-state index contributed by atoms with van der Waals surface area (Å²) < 4.78 is 5.54. The number of carbonyl (C=O) groups excluding carboxylic acids is 1. The van der Waals surface area contributed by atoms with E-state index in [1.807, 2.05) is 73.7 Å². The Balaban J connectivity index is 1.79. The van der Waals surface area contributed by atoms with E-state index in [1.54, 1.807) is 11.0 Å². The average molecular weight is 374 g/mol. The highest BCUT2D eigenvalue weighted by Crippen LogP contribution is 2.40. The zero-order valence-electron chi connectivity index (χ0n) is 15.6. The molecule has 0 saturated heterocycles. The molecule has 1 heterocycles. The number of amides is 1. The summed E-state index contributed by atoms with van der Waals surface area (Å²) in [5, 5.41) is 14.2. The second-order valence-corrected chi connectivity index (χ2v) is 6.64. The summed E-state index contributed by atoms with van der Waals surface area (Å²) in [6, 6.07) is 22.6. The highest BCUT2D eigenvalue weighted by molar-refractivity contribution is 6.01. The number of hydrogen-bond acceptors (Lipinski definition) is 4. The van der Waals surface area contributed by atoms with Crippen molar-refractivity contribution < 1.29 is 14.6 Å². The van der Waals surface area contributed by atoms with E-state index >= 15 is 0 Å². The number of rotatable bonds is 5. The molecule has 3 aromatic carbocycles. The van der Waals surface area contributed by atoms with Gasteiger partial charge >= 0.3 is 0 Å². The molecule has 0 aliphatic carbocycles. The minimum Gasteiger partial charge on any atom is -0.504 e. The summed E-state index contributed by atoms with van der Waals surface area (Å²) in [6.07, 6.45) is -0.511. The first-order valence-electron chi connectivity index (χ1n) is 9.34. The lowest BCUT2D eigenvalue weighted by atomic mass is 10.0. The molecule has 0 radical (unpaired) electrons. The van der Waals surface area contributed by atoms with Crippen LogP contribution in [-0.2, 0) is 6.54 Å². The van der Waals surface area contributed by atoms with Crippen molar-refractivity contribution >= 4 is 11.6 Å². The molecule has 28 heavy (non-hydrogen) atoms. The van der Waals surface area contributed by atoms with Crippen LogP contribution in [0.1, 0.15) is 34.6 Å². The highest BCUT2D eigenvalue weighted by atomic mass is 16.5. The van der Waals surface area contributed by atoms with Gasteiger partial charge in [-0.05, 0) is 30.7 Å². The summed E-state index contributed by atoms with van der Waals surface area (Å²) >= 11 is 0. The lowest BCUT2D eigenvalue weighted by Gasteiger charge is -2.38. The fourth-order valence-electron chi connectivity index (χ4n) is 3.51. The van der Waals surface area contributed by atoms with Gasteiger partial charge in [-0.1, -0.05) is 54.6 Å². The van der Waals surface area contributed by atoms with Crippen molar-refractivity contribution in [3.8, 4) is 11.5 Å². The predicted molar refractivity (Wildman–Crippen MR) is 108 cm³/mol. The monoisotopic (exact) mass is 374 g/mol. The smallest absolute Gasteiger partial charge is 0.258 e. The van der Waals surface area contributed by atoms with E-state index in [2.05, 4.69) is 5.32 Å². The molecule has 1 aliphatic heterocycles. The maximum atomic E-state index is 13.3. The van der Waals surface area contributed by atoms with E-state index < -0.39 is 6.17 Å². The number of anilines is 1. The highest BCUT2D eigenvalue weighted by Gasteiger charge is 2.34. The first-order chi connectivity index (χ1) is 13.7. The van der Waals surface area contributed by atoms with E-state index in [0.29, 0.717) is 30.0 Å². The minimum atomic E-state index is -0.511. The van der Waals surface area contributed by atoms with Crippen LogP contribution in [0.4, 0.5) is 5.69 Å². The van der Waals surface area contributed by atoms with Gasteiger partial charge < -0.3 is 20.1 Å². The van der Waals surface area contributed by atoms with Crippen LogP contribution in [-0.4, -0.2) is 22.5 Å². The number of hydrogen-bond donors (Lipinski definition) is 2. The van der Waals surface area contributed by atoms with Gasteiger partial charge in [0.25, 0.3) is 5.91 Å². The third-order valence-electron chi connectivity index (χ3n) is 4.84. The zero-order valence-corrected chi connectivity index (χ0v) is 15.6. The number of fused-ring (bicyclic) bond motifs is 1. The molecule has 2 N–H and O–H groups in total. The Kier molecular flexibility index (Phi) is 4.89. The molecular formula is C23H22N2O3. The predicted octanol–water partition coefficient (Wildman–Crippen LogP) is 4.56. The van der Waals surface area contributed by atoms with Crippen molar-refractivity contribution in [2.45, 2.75) is 19.6 Å². The van der Waals surface area contributed by atoms with Crippen molar-refractivity contribution in [1.29, 1.82) is 0 Å². The number of carbonyl (C=O) groups is 1. The molecule has 0 bridgehead atoms. The van der Waals surface area contributed by atoms with Crippen LogP contribution in [0.15, 0.2) is 72.8 Å². The molecule has 1 atom stereocenters. The van der Waals surface area contributed by atoms with Crippen LogP contribution in [0.3, 0.4) is 0 Å². The number of aromatic hydroxyl groups is 1. The van der Waals surface area contributed by atoms with Crippen molar-refractivity contribution in [1.82, 2.24) is 4.90 Å². The largest absolute Gasteiger partial charge is 0.504 e. The van der Waals surface area contributed by atoms with Crippen molar-refractivity contribution in [3.63, 3.8) is 0 Å². The van der Waals surface area contributed by atoms with Crippen molar-refractivity contribution in [3.05, 3.63) is 89.5 Å². The topological polar surface area (TPSA) is 61.8 Å². The number of ether oxygens (including phenoxy) is 1. The Morgan fingerprint density at radius 2 is 1.75 bits per heavy atom. The second-order valence-electron chi connectivity index (χ2n) is 6.64. The van der Waals surface area contributed by atoms with Crippen LogP contribution >= 0.6 is 0 Å². The SMILES string of the molecule is CCOc1cccc([C@@H]2Nc3ccccc3C(=O)N2Cc2ccccc2)c1O. The first kappa shape index (κ1) is 17.9. The normalized spacial score (nSPS) is 15.7. The molecule has 0 aromatic heterocycles. The molecule has 142 valence electrons. The van der Waals surface area contributed by atoms with Gasteiger partial charge in [-0.2, -0.15) is 0 Å². The Morgan fingerprint density at radius 3 is 2.54 bits per heavy atom. The Bertz CT molecular complexity index is 988. The molecule has 0 spiro atoms. The van der Waals surface area contributed by atoms with Gasteiger partial charge in [-0.15, -0.1) is 0 Å². The fourth-order valence-corrected chi connectivity index (χ4v) is 3.51. The third-order valence-corrected chi connectivity index (χ3v) is 4.84. The standard InChI is InChI=1S/C23H22N2O3/c1-2-28-20-14-8-12-18(21(20)26)22-24-19-13-7-6-11-17(19)23(27)25(22)15-16-9-4-3-5-10-16/h3-14,22,24,26H,2,15H2,1H3/t22-/m1/s1. The van der Waals surface area contributed by atoms with Crippen molar-refractivity contribution in [2.24, 2.45) is 0 Å². The summed E-state index contributed by atoms with van der Waals surface area (Å²) in [4.78, 5) is 15.0. The van der Waals surface area contributed by atoms with Crippen LogP contribution in [0.5, 0.6) is 11.5 Å². The zero-order chi connectivity index (χ0) is 19.5. The molecule has 0 fully saturated rings. The van der Waals surface area contributed by atoms with Gasteiger partial charge in [0.05, 0.1) is 12.2 Å². The van der Waals surface area contributed by atoms with Crippen LogP contribution < -0.4 is 10.1 Å². The van der Waals surface area contributed by atoms with Gasteiger partial charge in [0.15, 0.2) is 11.5 Å². The molecule has 0 saturated carbocycles. The maximum Gasteiger partial charge on any atom is 0.258 e. The molecule has 5 nitrogen and oxygen atoms in total. The molecule has 3 aromatic rings. The molecule has 5 heteroatoms. The summed E-state index contributed by atoms with van der Waals surface area (Å²) in [5.74, 6) is 0.379. The Hall–Kier alpha value is -3.47. The minimum absolute atomic E-state index is 0.0482. The van der Waals surface area contributed by atoms with Gasteiger partial charge in [0, 0.05) is 17.8 Å². The van der Waals surface area contributed by atoms with Gasteiger partial charge in [0.1, 0.15) is 6.17 Å². The summed E-state index contributed by atoms with van der Waals surface area (Å²) in [6.45, 7) is 2.74. The number of nitrogens with one attached hydrogen (secondary N) is 1. The fraction of sp³-hybridized carbons (Fsp3) is 0.174. The number of phenols is 1. The molecular weight excluding hydrogens is 352 g/mol. The number of para-hydroxylation sites is 2. The van der Waals surface area contributed by atoms with Gasteiger partial charge in [-0.3, -0.25) is 4.79 Å². The van der Waals surface area contributed by atoms with Crippen LogP contribution in [0.25, 0.3) is 0 Å². The molecule has 1 amide bonds. The van der Waals surface area contributed by atoms with Crippen LogP contribution in [0, 0.1) is 0 Å². The average Bonchev–Trinajstić information content (AvgIpc) is 2.73. The molecule has 4 rings (SSSR count). The second kappa shape index (κ2) is 7.64. The lowest BCUT2D eigenvalue weighted by Crippen LogP contribution is -2.42. The number of benzene rings is 3. The lowest BCUT2D eigenvalue weighted by molar-refractivity contribution is 0.0664. The quantitative estimate of drug-likeness (QED) is 0.687. The van der Waals surface area contributed by atoms with E-state index in [9.17, 15) is 9.90 Å². The van der Waals surface area contributed by atoms with E-state index in [1.165, 1.54) is 0 Å². The van der Waals surface area contributed by atoms with Crippen LogP contribution in [0.2, 0.25) is 0 Å². The third kappa shape index (κ3) is 3.27. The summed E-state index contributed by atoms with van der Waals surface area (Å²) in [7, 11) is 0. The number of nitrogens with zero attached hydrogens (tertiary/aromatic N) is 1. The van der Waals surface area contributed by atoms with Gasteiger partial charge in [-0.25, -0.2) is 0 Å². The Morgan fingerprint density at radius 1 is 1.00 bits per heavy atom. The number of phenolic OH excluding ortho intramolecular Hbond substituents is 1. The van der Waals surface area contributed by atoms with Crippen molar-refractivity contribution in [2.75, 3.05) is 11.9 Å². The van der Waals surface area contributed by atoms with E-state index in [0.717, 1.165) is 11.3 Å². The molecule has 1 aliphatic rings. The maximum absolute atomic E-state index is 13.3. The first-order valence-corrected chi connectivity index (χ1v) is 9.34. The van der Waals surface area contributed by atoms with Gasteiger partial charge in [0.2, 0.25) is 0 Å². The summed E-state index contributed by atoms with van der Waals surface area (Å²) in [5.41, 5.74) is 2.99. The van der Waals surface area contributed by atoms with E-state index in [4.69, 9.17) is 4.74 Å². The Labute approximate surface area is 164 Å².